The number of carbonyl (C=O) groups is 2. The molecule has 10 nitrogen and oxygen atoms in total. The number of carbonyl (C=O) groups excluding carboxylic acids is 2. The van der Waals surface area contributed by atoms with E-state index in [1.54, 1.807) is 12.1 Å². The average Bonchev–Trinajstić information content (AvgIpc) is 3.17. The number of ether oxygens (including phenoxy) is 3. The standard InChI is InChI=1S/C41H48N4O6/c1-29-37(27-45-23-21-44(22-24-45)26-31-11-7-4-8-12-31)50-40(51-38(29)33-15-13-32(28-46)14-16-33)34-17-19-35(20-18-34)42-41(48)43-36(39(47)49-2)25-30-9-5-3-6-10-30/h3-20,29,36-38,40,46H,21-28H2,1-2H3,(H2,42,43,48)/t29-,36+,37+,38+,40+/m1/s1. The van der Waals surface area contributed by atoms with Gasteiger partial charge in [-0.2, -0.15) is 0 Å². The number of esters is 1. The second-order valence-electron chi connectivity index (χ2n) is 13.4. The molecule has 6 rings (SSSR count). The zero-order valence-corrected chi connectivity index (χ0v) is 29.3. The fourth-order valence-corrected chi connectivity index (χ4v) is 6.79. The van der Waals surface area contributed by atoms with Gasteiger partial charge in [0.2, 0.25) is 0 Å². The Bertz CT molecular complexity index is 1680. The van der Waals surface area contributed by atoms with Crippen molar-refractivity contribution < 1.29 is 28.9 Å². The number of aliphatic hydroxyl groups is 1. The molecule has 0 aliphatic carbocycles. The molecule has 51 heavy (non-hydrogen) atoms. The molecule has 2 aliphatic heterocycles. The Morgan fingerprint density at radius 3 is 2.02 bits per heavy atom. The second-order valence-corrected chi connectivity index (χ2v) is 13.4. The SMILES string of the molecule is COC(=O)[C@H](Cc1ccccc1)NC(=O)Nc1ccc([C@H]2O[C@@H](CN3CCN(Cc4ccccc4)CC3)[C@@H](C)[C@@H](c3ccc(CO)cc3)O2)cc1. The smallest absolute Gasteiger partial charge is 0.328 e. The molecule has 4 aromatic rings. The summed E-state index contributed by atoms with van der Waals surface area (Å²) < 4.78 is 18.3. The number of methoxy groups -OCH3 is 1. The first-order chi connectivity index (χ1) is 24.9. The fraction of sp³-hybridized carbons (Fsp3) is 0.366. The maximum absolute atomic E-state index is 12.9. The molecule has 0 unspecified atom stereocenters. The molecule has 2 heterocycles. The van der Waals surface area contributed by atoms with E-state index in [0.717, 1.165) is 61.5 Å². The van der Waals surface area contributed by atoms with Gasteiger partial charge in [0, 0.05) is 62.9 Å². The number of nitrogens with one attached hydrogen (secondary N) is 2. The highest BCUT2D eigenvalue weighted by molar-refractivity contribution is 5.92. The minimum absolute atomic E-state index is 0.0131. The lowest BCUT2D eigenvalue weighted by atomic mass is 9.90. The van der Waals surface area contributed by atoms with E-state index in [-0.39, 0.29) is 24.7 Å². The number of nitrogens with zero attached hydrogens (tertiary/aromatic N) is 2. The Hall–Kier alpha value is -4.58. The van der Waals surface area contributed by atoms with E-state index in [2.05, 4.69) is 57.7 Å². The molecule has 2 saturated heterocycles. The van der Waals surface area contributed by atoms with Crippen LogP contribution in [0.1, 0.15) is 47.1 Å². The monoisotopic (exact) mass is 692 g/mol. The van der Waals surface area contributed by atoms with Crippen molar-refractivity contribution in [3.8, 4) is 0 Å². The summed E-state index contributed by atoms with van der Waals surface area (Å²) >= 11 is 0. The van der Waals surface area contributed by atoms with E-state index in [4.69, 9.17) is 14.2 Å². The van der Waals surface area contributed by atoms with Crippen LogP contribution >= 0.6 is 0 Å². The van der Waals surface area contributed by atoms with E-state index in [1.807, 2.05) is 66.7 Å². The van der Waals surface area contributed by atoms with Crippen molar-refractivity contribution in [2.45, 2.75) is 51.0 Å². The molecule has 2 fully saturated rings. The minimum Gasteiger partial charge on any atom is -0.467 e. The molecular weight excluding hydrogens is 644 g/mol. The Balaban J connectivity index is 1.11. The van der Waals surface area contributed by atoms with Crippen LogP contribution in [-0.4, -0.2) is 78.9 Å². The molecule has 3 N–H and O–H groups in total. The number of hydrogen-bond donors (Lipinski definition) is 3. The van der Waals surface area contributed by atoms with Crippen LogP contribution in [-0.2, 0) is 38.6 Å². The molecule has 2 aliphatic rings. The van der Waals surface area contributed by atoms with Crippen molar-refractivity contribution >= 4 is 17.7 Å². The van der Waals surface area contributed by atoms with Gasteiger partial charge in [-0.25, -0.2) is 9.59 Å². The summed E-state index contributed by atoms with van der Waals surface area (Å²) in [6, 6.07) is 34.0. The summed E-state index contributed by atoms with van der Waals surface area (Å²) in [4.78, 5) is 30.4. The second kappa shape index (κ2) is 17.6. The molecule has 2 amide bonds. The molecule has 268 valence electrons. The van der Waals surface area contributed by atoms with Crippen LogP contribution in [0.15, 0.2) is 109 Å². The Kier molecular flexibility index (Phi) is 12.5. The van der Waals surface area contributed by atoms with Crippen LogP contribution in [0, 0.1) is 5.92 Å². The zero-order valence-electron chi connectivity index (χ0n) is 29.3. The van der Waals surface area contributed by atoms with Crippen molar-refractivity contribution in [2.24, 2.45) is 5.92 Å². The van der Waals surface area contributed by atoms with Crippen LogP contribution in [0.3, 0.4) is 0 Å². The van der Waals surface area contributed by atoms with Crippen molar-refractivity contribution in [1.29, 1.82) is 0 Å². The molecule has 0 spiro atoms. The van der Waals surface area contributed by atoms with Crippen molar-refractivity contribution in [2.75, 3.05) is 45.2 Å². The lowest BCUT2D eigenvalue weighted by Crippen LogP contribution is -2.51. The first kappa shape index (κ1) is 36.2. The van der Waals surface area contributed by atoms with Gasteiger partial charge in [-0.1, -0.05) is 104 Å². The lowest BCUT2D eigenvalue weighted by molar-refractivity contribution is -0.276. The third-order valence-corrected chi connectivity index (χ3v) is 9.79. The summed E-state index contributed by atoms with van der Waals surface area (Å²) in [6.45, 7) is 7.83. The predicted octanol–water partition coefficient (Wildman–Crippen LogP) is 5.69. The number of aliphatic hydroxyl groups excluding tert-OH is 1. The average molecular weight is 693 g/mol. The normalized spacial score (nSPS) is 21.8. The third kappa shape index (κ3) is 9.81. The number of rotatable bonds is 12. The number of benzene rings is 4. The number of anilines is 1. The zero-order chi connectivity index (χ0) is 35.6. The molecule has 5 atom stereocenters. The van der Waals surface area contributed by atoms with E-state index in [1.165, 1.54) is 12.7 Å². The molecule has 0 aromatic heterocycles. The Labute approximate surface area is 300 Å². The maximum atomic E-state index is 12.9. The van der Waals surface area contributed by atoms with Crippen molar-refractivity contribution in [3.63, 3.8) is 0 Å². The van der Waals surface area contributed by atoms with Gasteiger partial charge in [0.15, 0.2) is 6.29 Å². The quantitative estimate of drug-likeness (QED) is 0.162. The fourth-order valence-electron chi connectivity index (χ4n) is 6.79. The maximum Gasteiger partial charge on any atom is 0.328 e. The summed E-state index contributed by atoms with van der Waals surface area (Å²) in [5.41, 5.74) is 5.52. The molecule has 0 bridgehead atoms. The van der Waals surface area contributed by atoms with Gasteiger partial charge in [0.1, 0.15) is 6.04 Å². The van der Waals surface area contributed by atoms with Crippen LogP contribution in [0.5, 0.6) is 0 Å². The largest absolute Gasteiger partial charge is 0.467 e. The first-order valence-corrected chi connectivity index (χ1v) is 17.7. The molecular formula is C41H48N4O6. The third-order valence-electron chi connectivity index (χ3n) is 9.79. The number of urea groups is 1. The van der Waals surface area contributed by atoms with Gasteiger partial charge in [-0.15, -0.1) is 0 Å². The highest BCUT2D eigenvalue weighted by Crippen LogP contribution is 2.42. The molecule has 0 saturated carbocycles. The highest BCUT2D eigenvalue weighted by Gasteiger charge is 2.39. The number of hydrogen-bond acceptors (Lipinski definition) is 8. The number of amides is 2. The van der Waals surface area contributed by atoms with Crippen LogP contribution in [0.25, 0.3) is 0 Å². The molecule has 10 heteroatoms. The predicted molar refractivity (Wildman–Crippen MR) is 196 cm³/mol. The van der Waals surface area contributed by atoms with Gasteiger partial charge >= 0.3 is 12.0 Å². The summed E-state index contributed by atoms with van der Waals surface area (Å²) in [5.74, 6) is -0.443. The number of piperazine rings is 1. The highest BCUT2D eigenvalue weighted by atomic mass is 16.7. The van der Waals surface area contributed by atoms with Crippen LogP contribution < -0.4 is 10.6 Å². The Morgan fingerprint density at radius 2 is 1.39 bits per heavy atom. The van der Waals surface area contributed by atoms with Gasteiger partial charge < -0.3 is 30.0 Å². The van der Waals surface area contributed by atoms with E-state index in [9.17, 15) is 14.7 Å². The summed E-state index contributed by atoms with van der Waals surface area (Å²) in [5, 5.41) is 15.2. The van der Waals surface area contributed by atoms with Crippen molar-refractivity contribution in [3.05, 3.63) is 137 Å². The van der Waals surface area contributed by atoms with Gasteiger partial charge in [-0.3, -0.25) is 9.80 Å². The van der Waals surface area contributed by atoms with Crippen LogP contribution in [0.4, 0.5) is 10.5 Å². The topological polar surface area (TPSA) is 113 Å². The molecule has 0 radical (unpaired) electrons. The summed E-state index contributed by atoms with van der Waals surface area (Å²) in [7, 11) is 1.31. The lowest BCUT2D eigenvalue weighted by Gasteiger charge is -2.44. The van der Waals surface area contributed by atoms with Gasteiger partial charge in [0.25, 0.3) is 0 Å². The van der Waals surface area contributed by atoms with Gasteiger partial charge in [-0.05, 0) is 34.4 Å². The first-order valence-electron chi connectivity index (χ1n) is 17.7. The van der Waals surface area contributed by atoms with E-state index >= 15 is 0 Å². The Morgan fingerprint density at radius 1 is 0.784 bits per heavy atom. The minimum atomic E-state index is -0.838. The van der Waals surface area contributed by atoms with E-state index < -0.39 is 24.3 Å². The van der Waals surface area contributed by atoms with Crippen LogP contribution in [0.2, 0.25) is 0 Å². The van der Waals surface area contributed by atoms with Gasteiger partial charge in [0.05, 0.1) is 25.9 Å². The van der Waals surface area contributed by atoms with E-state index in [0.29, 0.717) is 12.1 Å². The summed E-state index contributed by atoms with van der Waals surface area (Å²) in [6.07, 6.45) is -0.617. The van der Waals surface area contributed by atoms with Crippen molar-refractivity contribution in [1.82, 2.24) is 15.1 Å². The molecule has 4 aromatic carbocycles.